The lowest BCUT2D eigenvalue weighted by Crippen LogP contribution is -2.13. The largest absolute Gasteiger partial charge is 0.496 e. The molecule has 0 aliphatic heterocycles. The highest BCUT2D eigenvalue weighted by atomic mass is 79.9. The molecule has 4 heteroatoms. The molecule has 0 saturated heterocycles. The maximum atomic E-state index is 5.44. The highest BCUT2D eigenvalue weighted by Gasteiger charge is 2.00. The van der Waals surface area contributed by atoms with Crippen LogP contribution in [0.4, 0.5) is 5.69 Å². The van der Waals surface area contributed by atoms with E-state index < -0.39 is 0 Å². The summed E-state index contributed by atoms with van der Waals surface area (Å²) in [7, 11) is 1.66. The highest BCUT2D eigenvalue weighted by Crippen LogP contribution is 2.27. The fourth-order valence-corrected chi connectivity index (χ4v) is 1.81. The summed E-state index contributed by atoms with van der Waals surface area (Å²) in [4.78, 5) is 0. The third-order valence-electron chi connectivity index (χ3n) is 2.03. The van der Waals surface area contributed by atoms with Gasteiger partial charge < -0.3 is 14.8 Å². The van der Waals surface area contributed by atoms with Crippen LogP contribution in [0.5, 0.6) is 5.75 Å². The average Bonchev–Trinajstić information content (AvgIpc) is 2.24. The molecule has 0 spiro atoms. The van der Waals surface area contributed by atoms with Crippen molar-refractivity contribution < 1.29 is 9.47 Å². The summed E-state index contributed by atoms with van der Waals surface area (Å²) in [5.74, 6) is 0.837. The third kappa shape index (κ3) is 4.41. The fraction of sp³-hybridized carbons (Fsp3) is 0.500. The summed E-state index contributed by atoms with van der Waals surface area (Å²) in [6, 6.07) is 5.91. The Morgan fingerprint density at radius 3 is 2.69 bits per heavy atom. The van der Waals surface area contributed by atoms with Crippen LogP contribution < -0.4 is 10.1 Å². The van der Waals surface area contributed by atoms with Gasteiger partial charge in [0.25, 0.3) is 0 Å². The molecule has 1 rings (SSSR count). The van der Waals surface area contributed by atoms with Gasteiger partial charge >= 0.3 is 0 Å². The molecular formula is C12H18BrNO2. The molecule has 0 saturated carbocycles. The molecule has 0 amide bonds. The van der Waals surface area contributed by atoms with Crippen molar-refractivity contribution in [2.24, 2.45) is 0 Å². The molecule has 0 aliphatic carbocycles. The molecule has 0 unspecified atom stereocenters. The Balaban J connectivity index is 2.40. The molecule has 0 bridgehead atoms. The van der Waals surface area contributed by atoms with Crippen LogP contribution in [0, 0.1) is 0 Å². The molecule has 3 nitrogen and oxygen atoms in total. The normalized spacial score (nSPS) is 10.6. The summed E-state index contributed by atoms with van der Waals surface area (Å²) in [5, 5.41) is 3.28. The Bertz CT molecular complexity index is 329. The van der Waals surface area contributed by atoms with Crippen LogP contribution >= 0.6 is 15.9 Å². The molecule has 16 heavy (non-hydrogen) atoms. The van der Waals surface area contributed by atoms with Crippen molar-refractivity contribution in [1.82, 2.24) is 0 Å². The van der Waals surface area contributed by atoms with Gasteiger partial charge in [-0.05, 0) is 48.0 Å². The van der Waals surface area contributed by atoms with Crippen LogP contribution in [0.15, 0.2) is 22.7 Å². The third-order valence-corrected chi connectivity index (χ3v) is 2.65. The van der Waals surface area contributed by atoms with E-state index in [1.165, 1.54) is 0 Å². The van der Waals surface area contributed by atoms with Gasteiger partial charge in [0.05, 0.1) is 24.3 Å². The molecule has 0 heterocycles. The van der Waals surface area contributed by atoms with E-state index in [1.54, 1.807) is 7.11 Å². The zero-order valence-electron chi connectivity index (χ0n) is 9.92. The predicted octanol–water partition coefficient (Wildman–Crippen LogP) is 3.29. The minimum atomic E-state index is 0.282. The quantitative estimate of drug-likeness (QED) is 0.815. The maximum absolute atomic E-state index is 5.44. The first-order valence-corrected chi connectivity index (χ1v) is 6.12. The van der Waals surface area contributed by atoms with Crippen molar-refractivity contribution in [1.29, 1.82) is 0 Å². The second-order valence-corrected chi connectivity index (χ2v) is 4.55. The second kappa shape index (κ2) is 6.76. The lowest BCUT2D eigenvalue weighted by Gasteiger charge is -2.10. The van der Waals surface area contributed by atoms with Gasteiger partial charge in [0.2, 0.25) is 0 Å². The Labute approximate surface area is 105 Å². The lowest BCUT2D eigenvalue weighted by atomic mass is 10.3. The molecule has 1 N–H and O–H groups in total. The summed E-state index contributed by atoms with van der Waals surface area (Å²) in [6.07, 6.45) is 0.282. The van der Waals surface area contributed by atoms with Gasteiger partial charge in [0, 0.05) is 12.2 Å². The first-order chi connectivity index (χ1) is 7.63. The summed E-state index contributed by atoms with van der Waals surface area (Å²) in [6.45, 7) is 5.58. The van der Waals surface area contributed by atoms with Crippen molar-refractivity contribution >= 4 is 21.6 Å². The highest BCUT2D eigenvalue weighted by molar-refractivity contribution is 9.10. The molecular weight excluding hydrogens is 270 g/mol. The van der Waals surface area contributed by atoms with Crippen LogP contribution in [0.1, 0.15) is 13.8 Å². The Hall–Kier alpha value is -0.740. The van der Waals surface area contributed by atoms with E-state index >= 15 is 0 Å². The molecule has 90 valence electrons. The molecule has 1 aromatic carbocycles. The van der Waals surface area contributed by atoms with E-state index in [-0.39, 0.29) is 6.10 Å². The summed E-state index contributed by atoms with van der Waals surface area (Å²) < 4.78 is 11.5. The number of nitrogens with one attached hydrogen (secondary N) is 1. The SMILES string of the molecule is COc1ccc(NCCOC(C)C)cc1Br. The number of rotatable bonds is 6. The summed E-state index contributed by atoms with van der Waals surface area (Å²) in [5.41, 5.74) is 1.06. The fourth-order valence-electron chi connectivity index (χ4n) is 1.27. The number of ether oxygens (including phenoxy) is 2. The van der Waals surface area contributed by atoms with Gasteiger partial charge in [0.15, 0.2) is 0 Å². The minimum Gasteiger partial charge on any atom is -0.496 e. The Morgan fingerprint density at radius 2 is 2.12 bits per heavy atom. The molecule has 0 radical (unpaired) electrons. The number of benzene rings is 1. The van der Waals surface area contributed by atoms with Crippen molar-refractivity contribution in [2.45, 2.75) is 20.0 Å². The van der Waals surface area contributed by atoms with Crippen LogP contribution in [0.2, 0.25) is 0 Å². The second-order valence-electron chi connectivity index (χ2n) is 3.70. The van der Waals surface area contributed by atoms with Crippen LogP contribution in [0.25, 0.3) is 0 Å². The molecule has 0 atom stereocenters. The van der Waals surface area contributed by atoms with Gasteiger partial charge in [-0.1, -0.05) is 0 Å². The van der Waals surface area contributed by atoms with Gasteiger partial charge in [-0.2, -0.15) is 0 Å². The first kappa shape index (κ1) is 13.3. The van der Waals surface area contributed by atoms with Crippen LogP contribution in [-0.2, 0) is 4.74 Å². The van der Waals surface area contributed by atoms with Gasteiger partial charge in [0.1, 0.15) is 5.75 Å². The Morgan fingerprint density at radius 1 is 1.38 bits per heavy atom. The summed E-state index contributed by atoms with van der Waals surface area (Å²) >= 11 is 3.44. The average molecular weight is 288 g/mol. The standard InChI is InChI=1S/C12H18BrNO2/c1-9(2)16-7-6-14-10-4-5-12(15-3)11(13)8-10/h4-5,8-9,14H,6-7H2,1-3H3. The van der Waals surface area contributed by atoms with Gasteiger partial charge in [-0.15, -0.1) is 0 Å². The zero-order chi connectivity index (χ0) is 12.0. The molecule has 1 aromatic rings. The van der Waals surface area contributed by atoms with E-state index in [9.17, 15) is 0 Å². The first-order valence-electron chi connectivity index (χ1n) is 5.32. The Kier molecular flexibility index (Phi) is 5.63. The number of halogens is 1. The van der Waals surface area contributed by atoms with Gasteiger partial charge in [-0.25, -0.2) is 0 Å². The van der Waals surface area contributed by atoms with E-state index in [0.717, 1.165) is 22.5 Å². The molecule has 0 aromatic heterocycles. The van der Waals surface area contributed by atoms with Crippen molar-refractivity contribution in [3.63, 3.8) is 0 Å². The molecule has 0 aliphatic rings. The number of methoxy groups -OCH3 is 1. The molecule has 0 fully saturated rings. The van der Waals surface area contributed by atoms with E-state index in [0.29, 0.717) is 6.61 Å². The lowest BCUT2D eigenvalue weighted by molar-refractivity contribution is 0.0870. The number of anilines is 1. The van der Waals surface area contributed by atoms with Crippen molar-refractivity contribution in [3.05, 3.63) is 22.7 Å². The maximum Gasteiger partial charge on any atom is 0.133 e. The van der Waals surface area contributed by atoms with Crippen LogP contribution in [-0.4, -0.2) is 26.4 Å². The number of hydrogen-bond donors (Lipinski definition) is 1. The van der Waals surface area contributed by atoms with Gasteiger partial charge in [-0.3, -0.25) is 0 Å². The monoisotopic (exact) mass is 287 g/mol. The van der Waals surface area contributed by atoms with E-state index in [4.69, 9.17) is 9.47 Å². The van der Waals surface area contributed by atoms with Crippen molar-refractivity contribution in [3.8, 4) is 5.75 Å². The number of hydrogen-bond acceptors (Lipinski definition) is 3. The van der Waals surface area contributed by atoms with Crippen LogP contribution in [0.3, 0.4) is 0 Å². The van der Waals surface area contributed by atoms with E-state index in [2.05, 4.69) is 21.2 Å². The van der Waals surface area contributed by atoms with Crippen molar-refractivity contribution in [2.75, 3.05) is 25.6 Å². The van der Waals surface area contributed by atoms with E-state index in [1.807, 2.05) is 32.0 Å². The minimum absolute atomic E-state index is 0.282. The predicted molar refractivity (Wildman–Crippen MR) is 70.3 cm³/mol. The topological polar surface area (TPSA) is 30.5 Å². The zero-order valence-corrected chi connectivity index (χ0v) is 11.5. The smallest absolute Gasteiger partial charge is 0.133 e.